The van der Waals surface area contributed by atoms with Crippen molar-refractivity contribution in [2.75, 3.05) is 7.05 Å². The molecule has 3 aromatic heterocycles. The van der Waals surface area contributed by atoms with Gasteiger partial charge < -0.3 is 4.90 Å². The molecule has 0 aliphatic heterocycles. The lowest BCUT2D eigenvalue weighted by atomic mass is 10.1. The Kier molecular flexibility index (Phi) is 3.83. The van der Waals surface area contributed by atoms with Crippen LogP contribution in [0.4, 0.5) is 0 Å². The van der Waals surface area contributed by atoms with Gasteiger partial charge in [0.05, 0.1) is 5.69 Å². The molecule has 0 aliphatic carbocycles. The van der Waals surface area contributed by atoms with E-state index in [1.807, 2.05) is 32.0 Å². The van der Waals surface area contributed by atoms with Crippen LogP contribution in [0.5, 0.6) is 0 Å². The minimum absolute atomic E-state index is 0.182. The van der Waals surface area contributed by atoms with Gasteiger partial charge in [-0.3, -0.25) is 4.79 Å². The first-order chi connectivity index (χ1) is 12.5. The van der Waals surface area contributed by atoms with Crippen molar-refractivity contribution in [3.05, 3.63) is 47.5 Å². The van der Waals surface area contributed by atoms with Crippen molar-refractivity contribution >= 4 is 22.7 Å². The number of hydrogen-bond donors (Lipinski definition) is 0. The fraction of sp³-hybridized carbons (Fsp3) is 0.294. The number of carbonyl (C=O) groups excluding carboxylic acids is 1. The number of fused-ring (bicyclic) bond motifs is 2. The third-order valence-corrected chi connectivity index (χ3v) is 4.17. The first kappa shape index (κ1) is 16.1. The van der Waals surface area contributed by atoms with E-state index in [4.69, 9.17) is 4.63 Å². The van der Waals surface area contributed by atoms with Crippen LogP contribution in [0.1, 0.15) is 41.5 Å². The van der Waals surface area contributed by atoms with Crippen molar-refractivity contribution in [1.29, 1.82) is 0 Å². The molecule has 0 fully saturated rings. The zero-order valence-corrected chi connectivity index (χ0v) is 14.6. The number of benzene rings is 1. The Hall–Kier alpha value is -3.36. The Labute approximate surface area is 148 Å². The maximum Gasteiger partial charge on any atom is 0.272 e. The summed E-state index contributed by atoms with van der Waals surface area (Å²) in [6, 6.07) is 7.34. The second kappa shape index (κ2) is 6.17. The molecule has 0 N–H and O–H groups in total. The first-order valence-electron chi connectivity index (χ1n) is 8.20. The van der Waals surface area contributed by atoms with Crippen LogP contribution in [-0.4, -0.2) is 47.8 Å². The minimum atomic E-state index is -0.184. The van der Waals surface area contributed by atoms with Gasteiger partial charge in [-0.2, -0.15) is 10.1 Å². The zero-order valence-electron chi connectivity index (χ0n) is 14.6. The molecule has 1 aromatic carbocycles. The summed E-state index contributed by atoms with van der Waals surface area (Å²) in [5.41, 5.74) is 3.51. The molecule has 1 amide bonds. The summed E-state index contributed by atoms with van der Waals surface area (Å²) >= 11 is 0. The van der Waals surface area contributed by atoms with Crippen LogP contribution < -0.4 is 0 Å². The smallest absolute Gasteiger partial charge is 0.272 e. The molecule has 26 heavy (non-hydrogen) atoms. The molecule has 0 atom stereocenters. The van der Waals surface area contributed by atoms with Gasteiger partial charge in [0.2, 0.25) is 0 Å². The molecule has 0 saturated heterocycles. The molecule has 0 unspecified atom stereocenters. The maximum atomic E-state index is 12.9. The highest BCUT2D eigenvalue weighted by molar-refractivity contribution is 5.92. The monoisotopic (exact) mass is 351 g/mol. The Bertz CT molecular complexity index is 1100. The lowest BCUT2D eigenvalue weighted by molar-refractivity contribution is 0.0779. The van der Waals surface area contributed by atoms with Crippen molar-refractivity contribution in [3.63, 3.8) is 0 Å². The van der Waals surface area contributed by atoms with Gasteiger partial charge in [0.1, 0.15) is 23.1 Å². The Morgan fingerprint density at radius 2 is 2.04 bits per heavy atom. The summed E-state index contributed by atoms with van der Waals surface area (Å²) in [6.07, 6.45) is 1.44. The topological polar surface area (TPSA) is 102 Å². The number of hydrogen-bond acceptors (Lipinski definition) is 7. The fourth-order valence-electron chi connectivity index (χ4n) is 2.82. The molecule has 0 aliphatic rings. The standard InChI is InChI=1S/C17H17N7O2/c1-10(2)15-7-14(20-17-18-9-19-24(15)17)16(25)23(3)8-11-4-5-12-13(6-11)22-26-21-12/h4-7,9-10H,8H2,1-3H3. The number of nitrogens with zero attached hydrogens (tertiary/aromatic N) is 7. The van der Waals surface area contributed by atoms with Crippen molar-refractivity contribution < 1.29 is 9.42 Å². The highest BCUT2D eigenvalue weighted by Crippen LogP contribution is 2.18. The third-order valence-electron chi connectivity index (χ3n) is 4.17. The molecule has 9 nitrogen and oxygen atoms in total. The minimum Gasteiger partial charge on any atom is -0.336 e. The van der Waals surface area contributed by atoms with Gasteiger partial charge in [-0.1, -0.05) is 19.9 Å². The van der Waals surface area contributed by atoms with E-state index < -0.39 is 0 Å². The molecule has 4 aromatic rings. The SMILES string of the molecule is CC(C)c1cc(C(=O)N(C)Cc2ccc3nonc3c2)nc2ncnn12. The van der Waals surface area contributed by atoms with Crippen LogP contribution in [0.15, 0.2) is 35.2 Å². The average Bonchev–Trinajstić information content (AvgIpc) is 3.28. The van der Waals surface area contributed by atoms with Crippen LogP contribution in [0.2, 0.25) is 0 Å². The van der Waals surface area contributed by atoms with Crippen LogP contribution in [0, 0.1) is 0 Å². The molecule has 4 rings (SSSR count). The molecule has 3 heterocycles. The molecular formula is C17H17N7O2. The van der Waals surface area contributed by atoms with Crippen molar-refractivity contribution in [2.24, 2.45) is 0 Å². The normalized spacial score (nSPS) is 11.5. The van der Waals surface area contributed by atoms with Gasteiger partial charge in [-0.05, 0) is 40.0 Å². The first-order valence-corrected chi connectivity index (χ1v) is 8.20. The molecule has 0 bridgehead atoms. The van der Waals surface area contributed by atoms with E-state index in [-0.39, 0.29) is 11.8 Å². The van der Waals surface area contributed by atoms with Gasteiger partial charge in [0, 0.05) is 13.6 Å². The highest BCUT2D eigenvalue weighted by Gasteiger charge is 2.19. The number of amides is 1. The summed E-state index contributed by atoms with van der Waals surface area (Å²) in [4.78, 5) is 22.9. The number of carbonyl (C=O) groups is 1. The van der Waals surface area contributed by atoms with Crippen LogP contribution in [0.25, 0.3) is 16.8 Å². The van der Waals surface area contributed by atoms with Crippen LogP contribution in [0.3, 0.4) is 0 Å². The summed E-state index contributed by atoms with van der Waals surface area (Å²) in [5.74, 6) is 0.417. The molecule has 132 valence electrons. The van der Waals surface area contributed by atoms with E-state index in [2.05, 4.69) is 25.4 Å². The highest BCUT2D eigenvalue weighted by atomic mass is 16.6. The number of aromatic nitrogens is 6. The van der Waals surface area contributed by atoms with Crippen molar-refractivity contribution in [3.8, 4) is 0 Å². The predicted molar refractivity (Wildman–Crippen MR) is 92.5 cm³/mol. The summed E-state index contributed by atoms with van der Waals surface area (Å²) < 4.78 is 6.36. The summed E-state index contributed by atoms with van der Waals surface area (Å²) in [5, 5.41) is 11.8. The quantitative estimate of drug-likeness (QED) is 0.554. The van der Waals surface area contributed by atoms with E-state index in [1.165, 1.54) is 6.33 Å². The molecule has 0 spiro atoms. The van der Waals surface area contributed by atoms with Gasteiger partial charge in [0.15, 0.2) is 0 Å². The Balaban J connectivity index is 1.62. The molecule has 0 radical (unpaired) electrons. The average molecular weight is 351 g/mol. The Morgan fingerprint density at radius 1 is 1.23 bits per heavy atom. The van der Waals surface area contributed by atoms with E-state index in [0.717, 1.165) is 11.3 Å². The van der Waals surface area contributed by atoms with Crippen molar-refractivity contribution in [1.82, 2.24) is 34.8 Å². The van der Waals surface area contributed by atoms with Gasteiger partial charge in [-0.25, -0.2) is 14.1 Å². The largest absolute Gasteiger partial charge is 0.336 e. The number of rotatable bonds is 4. The van der Waals surface area contributed by atoms with Gasteiger partial charge in [-0.15, -0.1) is 0 Å². The second-order valence-electron chi connectivity index (χ2n) is 6.44. The van der Waals surface area contributed by atoms with E-state index in [9.17, 15) is 4.79 Å². The molecular weight excluding hydrogens is 334 g/mol. The predicted octanol–water partition coefficient (Wildman–Crippen LogP) is 2.06. The molecule has 9 heteroatoms. The zero-order chi connectivity index (χ0) is 18.3. The Morgan fingerprint density at radius 3 is 2.85 bits per heavy atom. The third kappa shape index (κ3) is 2.77. The maximum absolute atomic E-state index is 12.9. The lowest BCUT2D eigenvalue weighted by Gasteiger charge is -2.18. The summed E-state index contributed by atoms with van der Waals surface area (Å²) in [6.45, 7) is 4.49. The van der Waals surface area contributed by atoms with Crippen LogP contribution >= 0.6 is 0 Å². The van der Waals surface area contributed by atoms with Gasteiger partial charge in [0.25, 0.3) is 11.7 Å². The van der Waals surface area contributed by atoms with Gasteiger partial charge >= 0.3 is 0 Å². The van der Waals surface area contributed by atoms with E-state index in [0.29, 0.717) is 29.0 Å². The van der Waals surface area contributed by atoms with Crippen LogP contribution in [-0.2, 0) is 6.54 Å². The summed E-state index contributed by atoms with van der Waals surface area (Å²) in [7, 11) is 1.73. The van der Waals surface area contributed by atoms with E-state index >= 15 is 0 Å². The fourth-order valence-corrected chi connectivity index (χ4v) is 2.82. The lowest BCUT2D eigenvalue weighted by Crippen LogP contribution is -2.27. The second-order valence-corrected chi connectivity index (χ2v) is 6.44. The van der Waals surface area contributed by atoms with Crippen molar-refractivity contribution in [2.45, 2.75) is 26.3 Å². The van der Waals surface area contributed by atoms with E-state index in [1.54, 1.807) is 22.5 Å². The molecule has 0 saturated carbocycles.